The summed E-state index contributed by atoms with van der Waals surface area (Å²) in [5.41, 5.74) is 1.63. The van der Waals surface area contributed by atoms with E-state index in [-0.39, 0.29) is 0 Å². The van der Waals surface area contributed by atoms with Gasteiger partial charge >= 0.3 is 0 Å². The molecule has 6 nitrogen and oxygen atoms in total. The van der Waals surface area contributed by atoms with Crippen molar-refractivity contribution in [2.45, 2.75) is 20.4 Å². The van der Waals surface area contributed by atoms with Crippen molar-refractivity contribution in [2.24, 2.45) is 0 Å². The Kier molecular flexibility index (Phi) is 5.69. The Balaban J connectivity index is 1.36. The highest BCUT2D eigenvalue weighted by atomic mass is 16.5. The van der Waals surface area contributed by atoms with Crippen LogP contribution in [0.3, 0.4) is 0 Å². The maximum atomic E-state index is 8.79. The average molecular weight is 340 g/mol. The van der Waals surface area contributed by atoms with E-state index < -0.39 is 0 Å². The third kappa shape index (κ3) is 4.81. The van der Waals surface area contributed by atoms with Crippen molar-refractivity contribution in [2.75, 3.05) is 39.3 Å². The van der Waals surface area contributed by atoms with E-state index in [9.17, 15) is 0 Å². The van der Waals surface area contributed by atoms with Gasteiger partial charge in [-0.25, -0.2) is 4.98 Å². The second kappa shape index (κ2) is 8.15. The van der Waals surface area contributed by atoms with Crippen molar-refractivity contribution < 1.29 is 9.15 Å². The highest BCUT2D eigenvalue weighted by Crippen LogP contribution is 2.13. The largest absolute Gasteiger partial charge is 0.492 e. The molecule has 0 unspecified atom stereocenters. The zero-order valence-electron chi connectivity index (χ0n) is 14.9. The Labute approximate surface area is 148 Å². The Morgan fingerprint density at radius 1 is 1.12 bits per heavy atom. The van der Waals surface area contributed by atoms with Crippen molar-refractivity contribution in [3.8, 4) is 11.8 Å². The Morgan fingerprint density at radius 3 is 2.40 bits per heavy atom. The molecule has 0 aliphatic carbocycles. The number of nitriles is 1. The first-order valence-corrected chi connectivity index (χ1v) is 8.64. The van der Waals surface area contributed by atoms with Gasteiger partial charge in [0.1, 0.15) is 18.1 Å². The fourth-order valence-corrected chi connectivity index (χ4v) is 2.89. The molecular formula is C19H24N4O2. The molecule has 0 saturated carbocycles. The lowest BCUT2D eigenvalue weighted by Crippen LogP contribution is -2.47. The number of rotatable bonds is 6. The number of hydrogen-bond donors (Lipinski definition) is 0. The van der Waals surface area contributed by atoms with Crippen LogP contribution in [0.15, 0.2) is 28.7 Å². The molecule has 2 aromatic rings. The molecule has 0 bridgehead atoms. The predicted octanol–water partition coefficient (Wildman–Crippen LogP) is 2.36. The summed E-state index contributed by atoms with van der Waals surface area (Å²) in [4.78, 5) is 9.24. The van der Waals surface area contributed by atoms with Gasteiger partial charge in [0.25, 0.3) is 0 Å². The van der Waals surface area contributed by atoms with Gasteiger partial charge in [-0.2, -0.15) is 5.26 Å². The minimum absolute atomic E-state index is 0.653. The number of piperazine rings is 1. The summed E-state index contributed by atoms with van der Waals surface area (Å²) in [5.74, 6) is 2.54. The van der Waals surface area contributed by atoms with Crippen LogP contribution in [0, 0.1) is 25.2 Å². The van der Waals surface area contributed by atoms with Gasteiger partial charge in [0, 0.05) is 32.7 Å². The molecule has 1 aromatic carbocycles. The molecule has 0 radical (unpaired) electrons. The van der Waals surface area contributed by atoms with Gasteiger partial charge < -0.3 is 9.15 Å². The maximum absolute atomic E-state index is 8.79. The van der Waals surface area contributed by atoms with Crippen molar-refractivity contribution >= 4 is 0 Å². The van der Waals surface area contributed by atoms with Crippen molar-refractivity contribution in [1.82, 2.24) is 14.8 Å². The number of benzene rings is 1. The fourth-order valence-electron chi connectivity index (χ4n) is 2.89. The number of hydrogen-bond acceptors (Lipinski definition) is 6. The summed E-state index contributed by atoms with van der Waals surface area (Å²) >= 11 is 0. The molecule has 3 rings (SSSR count). The van der Waals surface area contributed by atoms with Crippen LogP contribution in [-0.2, 0) is 6.54 Å². The summed E-state index contributed by atoms with van der Waals surface area (Å²) in [5, 5.41) is 8.79. The minimum Gasteiger partial charge on any atom is -0.492 e. The van der Waals surface area contributed by atoms with Crippen LogP contribution in [-0.4, -0.2) is 54.1 Å². The number of oxazole rings is 1. The van der Waals surface area contributed by atoms with E-state index >= 15 is 0 Å². The average Bonchev–Trinajstić information content (AvgIpc) is 2.94. The summed E-state index contributed by atoms with van der Waals surface area (Å²) in [6.07, 6.45) is 0. The monoisotopic (exact) mass is 340 g/mol. The van der Waals surface area contributed by atoms with E-state index in [0.717, 1.165) is 62.4 Å². The topological polar surface area (TPSA) is 65.5 Å². The molecular weight excluding hydrogens is 316 g/mol. The van der Waals surface area contributed by atoms with E-state index in [1.807, 2.05) is 26.0 Å². The van der Waals surface area contributed by atoms with Gasteiger partial charge in [0.05, 0.1) is 23.9 Å². The molecule has 0 atom stereocenters. The molecule has 2 heterocycles. The zero-order chi connectivity index (χ0) is 17.6. The smallest absolute Gasteiger partial charge is 0.208 e. The first-order chi connectivity index (χ1) is 12.1. The highest BCUT2D eigenvalue weighted by molar-refractivity contribution is 5.34. The highest BCUT2D eigenvalue weighted by Gasteiger charge is 2.18. The molecule has 0 N–H and O–H groups in total. The van der Waals surface area contributed by atoms with E-state index in [4.69, 9.17) is 14.4 Å². The summed E-state index contributed by atoms with van der Waals surface area (Å²) in [7, 11) is 0. The SMILES string of the molecule is Cc1nc(CN2CCN(CCOc3ccc(C#N)cc3)CC2)oc1C. The van der Waals surface area contributed by atoms with Crippen LogP contribution in [0.1, 0.15) is 22.9 Å². The Morgan fingerprint density at radius 2 is 1.80 bits per heavy atom. The molecule has 1 aromatic heterocycles. The Hall–Kier alpha value is -2.36. The van der Waals surface area contributed by atoms with Gasteiger partial charge in [0.15, 0.2) is 0 Å². The van der Waals surface area contributed by atoms with Crippen LogP contribution < -0.4 is 4.74 Å². The third-order valence-electron chi connectivity index (χ3n) is 4.56. The van der Waals surface area contributed by atoms with E-state index in [1.165, 1.54) is 0 Å². The standard InChI is InChI=1S/C19H24N4O2/c1-15-16(2)25-19(21-15)14-23-9-7-22(8-10-23)11-12-24-18-5-3-17(13-20)4-6-18/h3-6H,7-12,14H2,1-2H3. The lowest BCUT2D eigenvalue weighted by molar-refractivity contribution is 0.106. The molecule has 25 heavy (non-hydrogen) atoms. The maximum Gasteiger partial charge on any atom is 0.208 e. The first-order valence-electron chi connectivity index (χ1n) is 8.64. The van der Waals surface area contributed by atoms with Crippen LogP contribution in [0.4, 0.5) is 0 Å². The number of aromatic nitrogens is 1. The Bertz CT molecular complexity index is 705. The quantitative estimate of drug-likeness (QED) is 0.804. The summed E-state index contributed by atoms with van der Waals surface area (Å²) < 4.78 is 11.4. The molecule has 1 saturated heterocycles. The molecule has 0 amide bonds. The second-order valence-corrected chi connectivity index (χ2v) is 6.35. The van der Waals surface area contributed by atoms with Gasteiger partial charge in [-0.05, 0) is 38.1 Å². The van der Waals surface area contributed by atoms with Gasteiger partial charge in [-0.3, -0.25) is 9.80 Å². The summed E-state index contributed by atoms with van der Waals surface area (Å²) in [6.45, 7) is 10.4. The van der Waals surface area contributed by atoms with Crippen LogP contribution in [0.2, 0.25) is 0 Å². The molecule has 0 spiro atoms. The lowest BCUT2D eigenvalue weighted by Gasteiger charge is -2.33. The second-order valence-electron chi connectivity index (χ2n) is 6.35. The van der Waals surface area contributed by atoms with E-state index in [0.29, 0.717) is 12.2 Å². The third-order valence-corrected chi connectivity index (χ3v) is 4.56. The molecule has 132 valence electrons. The predicted molar refractivity (Wildman–Crippen MR) is 94.3 cm³/mol. The van der Waals surface area contributed by atoms with Crippen LogP contribution in [0.5, 0.6) is 5.75 Å². The van der Waals surface area contributed by atoms with Crippen molar-refractivity contribution in [1.29, 1.82) is 5.26 Å². The molecule has 1 fully saturated rings. The lowest BCUT2D eigenvalue weighted by atomic mass is 10.2. The summed E-state index contributed by atoms with van der Waals surface area (Å²) in [6, 6.07) is 9.35. The van der Waals surface area contributed by atoms with E-state index in [2.05, 4.69) is 20.9 Å². The normalized spacial score (nSPS) is 15.9. The first kappa shape index (κ1) is 17.5. The molecule has 1 aliphatic heterocycles. The van der Waals surface area contributed by atoms with Crippen molar-refractivity contribution in [3.05, 3.63) is 47.2 Å². The molecule has 1 aliphatic rings. The van der Waals surface area contributed by atoms with Gasteiger partial charge in [-0.1, -0.05) is 0 Å². The van der Waals surface area contributed by atoms with Gasteiger partial charge in [0.2, 0.25) is 5.89 Å². The van der Waals surface area contributed by atoms with Crippen LogP contribution >= 0.6 is 0 Å². The van der Waals surface area contributed by atoms with Gasteiger partial charge in [-0.15, -0.1) is 0 Å². The molecule has 6 heteroatoms. The van der Waals surface area contributed by atoms with E-state index in [1.54, 1.807) is 12.1 Å². The zero-order valence-corrected chi connectivity index (χ0v) is 14.9. The number of ether oxygens (including phenoxy) is 1. The number of aryl methyl sites for hydroxylation is 2. The fraction of sp³-hybridized carbons (Fsp3) is 0.474. The van der Waals surface area contributed by atoms with Crippen LogP contribution in [0.25, 0.3) is 0 Å². The van der Waals surface area contributed by atoms with Crippen molar-refractivity contribution in [3.63, 3.8) is 0 Å². The minimum atomic E-state index is 0.653. The number of nitrogens with zero attached hydrogens (tertiary/aromatic N) is 4.